The Morgan fingerprint density at radius 1 is 0.720 bits per heavy atom. The maximum Gasteiger partial charge on any atom is 0.123 e. The van der Waals surface area contributed by atoms with Crippen LogP contribution in [-0.2, 0) is 0 Å². The molecule has 3 aromatic carbocycles. The van der Waals surface area contributed by atoms with Crippen LogP contribution < -0.4 is 4.74 Å². The van der Waals surface area contributed by atoms with E-state index in [0.29, 0.717) is 0 Å². The van der Waals surface area contributed by atoms with Crippen LogP contribution in [0.1, 0.15) is 33.7 Å². The molecular weight excluding hydrogens is 312 g/mol. The number of ether oxygens (including phenoxy) is 1. The SMILES string of the molecule is COc1ccccc1C(c1ccc(O)cc1C)c1ccc(O)cc1C. The Balaban J connectivity index is 2.28. The molecule has 0 unspecified atom stereocenters. The van der Waals surface area contributed by atoms with Gasteiger partial charge >= 0.3 is 0 Å². The molecule has 0 aliphatic heterocycles. The van der Waals surface area contributed by atoms with Crippen LogP contribution in [0.5, 0.6) is 17.2 Å². The number of hydrogen-bond acceptors (Lipinski definition) is 3. The standard InChI is InChI=1S/C22H22O3/c1-14-12-16(23)8-10-18(14)22(19-11-9-17(24)13-15(19)2)20-6-4-5-7-21(20)25-3/h4-13,22-24H,1-3H3. The van der Waals surface area contributed by atoms with Crippen molar-refractivity contribution >= 4 is 0 Å². The number of methoxy groups -OCH3 is 1. The summed E-state index contributed by atoms with van der Waals surface area (Å²) in [4.78, 5) is 0. The van der Waals surface area contributed by atoms with Gasteiger partial charge in [0.15, 0.2) is 0 Å². The van der Waals surface area contributed by atoms with E-state index in [-0.39, 0.29) is 17.4 Å². The third kappa shape index (κ3) is 3.31. The molecule has 3 nitrogen and oxygen atoms in total. The topological polar surface area (TPSA) is 49.7 Å². The number of phenols is 2. The summed E-state index contributed by atoms with van der Waals surface area (Å²) in [6, 6.07) is 18.8. The lowest BCUT2D eigenvalue weighted by molar-refractivity contribution is 0.409. The molecule has 3 rings (SSSR count). The van der Waals surface area contributed by atoms with Gasteiger partial charge in [-0.05, 0) is 66.4 Å². The van der Waals surface area contributed by atoms with Crippen molar-refractivity contribution in [1.82, 2.24) is 0 Å². The lowest BCUT2D eigenvalue weighted by Gasteiger charge is -2.24. The van der Waals surface area contributed by atoms with Crippen LogP contribution in [0.3, 0.4) is 0 Å². The molecule has 3 heteroatoms. The summed E-state index contributed by atoms with van der Waals surface area (Å²) in [6.45, 7) is 3.99. The van der Waals surface area contributed by atoms with Crippen molar-refractivity contribution in [1.29, 1.82) is 0 Å². The molecule has 0 bridgehead atoms. The van der Waals surface area contributed by atoms with Gasteiger partial charge in [-0.25, -0.2) is 0 Å². The van der Waals surface area contributed by atoms with E-state index in [1.165, 1.54) is 0 Å². The van der Waals surface area contributed by atoms with Crippen LogP contribution in [0.2, 0.25) is 0 Å². The third-order valence-corrected chi connectivity index (χ3v) is 4.58. The molecule has 0 saturated carbocycles. The lowest BCUT2D eigenvalue weighted by atomic mass is 9.81. The predicted molar refractivity (Wildman–Crippen MR) is 99.6 cm³/mol. The first-order chi connectivity index (χ1) is 12.0. The van der Waals surface area contributed by atoms with Crippen molar-refractivity contribution in [3.8, 4) is 17.2 Å². The van der Waals surface area contributed by atoms with Crippen molar-refractivity contribution in [3.05, 3.63) is 88.5 Å². The number of para-hydroxylation sites is 1. The second-order valence-corrected chi connectivity index (χ2v) is 6.26. The van der Waals surface area contributed by atoms with Gasteiger partial charge in [-0.1, -0.05) is 30.3 Å². The quantitative estimate of drug-likeness (QED) is 0.667. The average molecular weight is 334 g/mol. The first-order valence-corrected chi connectivity index (χ1v) is 8.23. The van der Waals surface area contributed by atoms with E-state index in [1.54, 1.807) is 31.4 Å². The molecule has 0 atom stereocenters. The number of aryl methyl sites for hydroxylation is 2. The Kier molecular flexibility index (Phi) is 4.66. The summed E-state index contributed by atoms with van der Waals surface area (Å²) in [5, 5.41) is 19.6. The Bertz CT molecular complexity index is 848. The lowest BCUT2D eigenvalue weighted by Crippen LogP contribution is -2.08. The van der Waals surface area contributed by atoms with Crippen molar-refractivity contribution in [2.45, 2.75) is 19.8 Å². The molecule has 0 heterocycles. The van der Waals surface area contributed by atoms with Gasteiger partial charge in [0, 0.05) is 11.5 Å². The van der Waals surface area contributed by atoms with Gasteiger partial charge in [0.05, 0.1) is 7.11 Å². The van der Waals surface area contributed by atoms with Crippen molar-refractivity contribution in [3.63, 3.8) is 0 Å². The first kappa shape index (κ1) is 16.9. The van der Waals surface area contributed by atoms with Crippen molar-refractivity contribution in [2.24, 2.45) is 0 Å². The summed E-state index contributed by atoms with van der Waals surface area (Å²) in [5.74, 6) is 1.26. The summed E-state index contributed by atoms with van der Waals surface area (Å²) < 4.78 is 5.60. The molecule has 0 saturated heterocycles. The van der Waals surface area contributed by atoms with E-state index in [1.807, 2.05) is 44.2 Å². The van der Waals surface area contributed by atoms with Crippen LogP contribution in [0, 0.1) is 13.8 Å². The van der Waals surface area contributed by atoms with E-state index >= 15 is 0 Å². The second-order valence-electron chi connectivity index (χ2n) is 6.26. The largest absolute Gasteiger partial charge is 0.508 e. The molecule has 0 aromatic heterocycles. The summed E-state index contributed by atoms with van der Waals surface area (Å²) in [5.41, 5.74) is 5.24. The minimum Gasteiger partial charge on any atom is -0.508 e. The molecule has 0 aliphatic rings. The third-order valence-electron chi connectivity index (χ3n) is 4.58. The highest BCUT2D eigenvalue weighted by atomic mass is 16.5. The molecule has 128 valence electrons. The number of aromatic hydroxyl groups is 2. The van der Waals surface area contributed by atoms with Crippen molar-refractivity contribution < 1.29 is 14.9 Å². The molecule has 0 aliphatic carbocycles. The second kappa shape index (κ2) is 6.89. The van der Waals surface area contributed by atoms with Gasteiger partial charge in [-0.2, -0.15) is 0 Å². The molecule has 0 amide bonds. The number of rotatable bonds is 4. The zero-order valence-corrected chi connectivity index (χ0v) is 14.7. The Morgan fingerprint density at radius 2 is 1.24 bits per heavy atom. The highest BCUT2D eigenvalue weighted by molar-refractivity contribution is 5.54. The van der Waals surface area contributed by atoms with Gasteiger partial charge in [0.25, 0.3) is 0 Å². The number of phenolic OH excluding ortho intramolecular Hbond substituents is 2. The van der Waals surface area contributed by atoms with Crippen LogP contribution in [0.25, 0.3) is 0 Å². The highest BCUT2D eigenvalue weighted by Gasteiger charge is 2.23. The smallest absolute Gasteiger partial charge is 0.123 e. The fraction of sp³-hybridized carbons (Fsp3) is 0.182. The molecule has 25 heavy (non-hydrogen) atoms. The van der Waals surface area contributed by atoms with E-state index < -0.39 is 0 Å². The fourth-order valence-electron chi connectivity index (χ4n) is 3.38. The van der Waals surface area contributed by atoms with Gasteiger partial charge in [-0.15, -0.1) is 0 Å². The molecule has 2 N–H and O–H groups in total. The first-order valence-electron chi connectivity index (χ1n) is 8.23. The minimum absolute atomic E-state index is 0.0580. The van der Waals surface area contributed by atoms with Crippen LogP contribution >= 0.6 is 0 Å². The minimum atomic E-state index is -0.0580. The van der Waals surface area contributed by atoms with Crippen LogP contribution in [0.15, 0.2) is 60.7 Å². The molecular formula is C22H22O3. The normalized spacial score (nSPS) is 10.9. The average Bonchev–Trinajstić information content (AvgIpc) is 2.59. The van der Waals surface area contributed by atoms with Crippen LogP contribution in [0.4, 0.5) is 0 Å². The zero-order chi connectivity index (χ0) is 18.0. The molecule has 0 fully saturated rings. The Hall–Kier alpha value is -2.94. The van der Waals surface area contributed by atoms with E-state index in [9.17, 15) is 10.2 Å². The van der Waals surface area contributed by atoms with E-state index in [4.69, 9.17) is 4.74 Å². The van der Waals surface area contributed by atoms with E-state index in [2.05, 4.69) is 6.07 Å². The molecule has 0 spiro atoms. The molecule has 0 radical (unpaired) electrons. The maximum atomic E-state index is 9.79. The summed E-state index contributed by atoms with van der Waals surface area (Å²) in [6.07, 6.45) is 0. The Morgan fingerprint density at radius 3 is 1.72 bits per heavy atom. The summed E-state index contributed by atoms with van der Waals surface area (Å²) >= 11 is 0. The zero-order valence-electron chi connectivity index (χ0n) is 14.7. The van der Waals surface area contributed by atoms with Crippen molar-refractivity contribution in [2.75, 3.05) is 7.11 Å². The molecule has 3 aromatic rings. The summed E-state index contributed by atoms with van der Waals surface area (Å²) in [7, 11) is 1.67. The maximum absolute atomic E-state index is 9.79. The van der Waals surface area contributed by atoms with E-state index in [0.717, 1.165) is 33.6 Å². The number of benzene rings is 3. The Labute approximate surface area is 148 Å². The van der Waals surface area contributed by atoms with Gasteiger partial charge in [0.1, 0.15) is 17.2 Å². The highest BCUT2D eigenvalue weighted by Crippen LogP contribution is 2.40. The van der Waals surface area contributed by atoms with Gasteiger partial charge in [-0.3, -0.25) is 0 Å². The van der Waals surface area contributed by atoms with Crippen LogP contribution in [-0.4, -0.2) is 17.3 Å². The monoisotopic (exact) mass is 334 g/mol. The predicted octanol–water partition coefficient (Wildman–Crippen LogP) is 4.90. The van der Waals surface area contributed by atoms with Gasteiger partial charge < -0.3 is 14.9 Å². The number of hydrogen-bond donors (Lipinski definition) is 2. The van der Waals surface area contributed by atoms with Gasteiger partial charge in [0.2, 0.25) is 0 Å². The fourth-order valence-corrected chi connectivity index (χ4v) is 3.38.